The summed E-state index contributed by atoms with van der Waals surface area (Å²) in [5.74, 6) is 0.951. The second-order valence-corrected chi connectivity index (χ2v) is 6.78. The van der Waals surface area contributed by atoms with Gasteiger partial charge in [0.05, 0.1) is 18.6 Å². The molecule has 2 aromatic rings. The molecule has 3 rings (SSSR count). The van der Waals surface area contributed by atoms with Gasteiger partial charge in [-0.05, 0) is 43.4 Å². The van der Waals surface area contributed by atoms with Crippen LogP contribution in [0.5, 0.6) is 5.75 Å². The van der Waals surface area contributed by atoms with Crippen LogP contribution in [0.25, 0.3) is 10.9 Å². The minimum Gasteiger partial charge on any atom is -0.493 e. The number of ether oxygens (including phenoxy) is 1. The number of H-pyrrole nitrogens is 1. The zero-order chi connectivity index (χ0) is 17.2. The second kappa shape index (κ2) is 6.85. The van der Waals surface area contributed by atoms with Crippen LogP contribution in [0.2, 0.25) is 0 Å². The quantitative estimate of drug-likeness (QED) is 0.762. The summed E-state index contributed by atoms with van der Waals surface area (Å²) in [5.41, 5.74) is 1.12. The highest BCUT2D eigenvalue weighted by Gasteiger charge is 2.38. The van der Waals surface area contributed by atoms with E-state index < -0.39 is 5.60 Å². The number of hydrogen-bond donors (Lipinski definition) is 3. The number of hydrogen-bond acceptors (Lipinski definition) is 3. The van der Waals surface area contributed by atoms with E-state index in [4.69, 9.17) is 4.74 Å². The summed E-state index contributed by atoms with van der Waals surface area (Å²) in [4.78, 5) is 15.5. The lowest BCUT2D eigenvalue weighted by Gasteiger charge is -2.27. The van der Waals surface area contributed by atoms with E-state index in [0.29, 0.717) is 13.2 Å². The summed E-state index contributed by atoms with van der Waals surface area (Å²) in [6.45, 7) is 4.91. The molecule has 0 spiro atoms. The molecule has 1 saturated carbocycles. The van der Waals surface area contributed by atoms with Crippen LogP contribution in [0, 0.1) is 5.92 Å². The van der Waals surface area contributed by atoms with Gasteiger partial charge in [-0.1, -0.05) is 19.4 Å². The van der Waals surface area contributed by atoms with Crippen molar-refractivity contribution in [2.45, 2.75) is 45.1 Å². The molecule has 1 heterocycles. The van der Waals surface area contributed by atoms with E-state index >= 15 is 0 Å². The summed E-state index contributed by atoms with van der Waals surface area (Å²) in [5, 5.41) is 14.4. The molecule has 1 amide bonds. The average Bonchev–Trinajstić information content (AvgIpc) is 3.11. The third kappa shape index (κ3) is 3.26. The first-order chi connectivity index (χ1) is 11.5. The molecule has 5 nitrogen and oxygen atoms in total. The maximum Gasteiger partial charge on any atom is 0.224 e. The Kier molecular flexibility index (Phi) is 4.81. The molecule has 0 radical (unpaired) electrons. The lowest BCUT2D eigenvalue weighted by atomic mass is 9.92. The zero-order valence-electron chi connectivity index (χ0n) is 14.4. The number of carbonyl (C=O) groups is 1. The lowest BCUT2D eigenvalue weighted by Crippen LogP contribution is -2.45. The minimum absolute atomic E-state index is 0.0743. The molecule has 0 aliphatic heterocycles. The Bertz CT molecular complexity index is 724. The Morgan fingerprint density at radius 1 is 1.50 bits per heavy atom. The molecule has 1 aliphatic carbocycles. The first-order valence-corrected chi connectivity index (χ1v) is 8.74. The maximum atomic E-state index is 12.4. The predicted molar refractivity (Wildman–Crippen MR) is 94.1 cm³/mol. The van der Waals surface area contributed by atoms with Gasteiger partial charge >= 0.3 is 0 Å². The van der Waals surface area contributed by atoms with Gasteiger partial charge in [0.15, 0.2) is 0 Å². The molecule has 0 unspecified atom stereocenters. The fourth-order valence-corrected chi connectivity index (χ4v) is 3.61. The molecular weight excluding hydrogens is 304 g/mol. The van der Waals surface area contributed by atoms with Crippen LogP contribution in [0.15, 0.2) is 24.4 Å². The number of rotatable bonds is 6. The van der Waals surface area contributed by atoms with Crippen LogP contribution < -0.4 is 10.1 Å². The third-order valence-electron chi connectivity index (χ3n) is 5.16. The van der Waals surface area contributed by atoms with Crippen molar-refractivity contribution in [3.8, 4) is 5.75 Å². The molecule has 0 saturated heterocycles. The van der Waals surface area contributed by atoms with Crippen LogP contribution in [0.1, 0.15) is 38.7 Å². The molecule has 1 aliphatic rings. The highest BCUT2D eigenvalue weighted by molar-refractivity contribution is 5.93. The zero-order valence-corrected chi connectivity index (χ0v) is 14.4. The van der Waals surface area contributed by atoms with E-state index in [-0.39, 0.29) is 18.2 Å². The van der Waals surface area contributed by atoms with Gasteiger partial charge < -0.3 is 20.1 Å². The van der Waals surface area contributed by atoms with Crippen LogP contribution in [0.4, 0.5) is 0 Å². The number of nitrogens with one attached hydrogen (secondary N) is 2. The topological polar surface area (TPSA) is 74.4 Å². The number of carbonyl (C=O) groups excluding carboxylic acids is 1. The van der Waals surface area contributed by atoms with Crippen molar-refractivity contribution >= 4 is 16.8 Å². The van der Waals surface area contributed by atoms with Crippen molar-refractivity contribution in [3.63, 3.8) is 0 Å². The lowest BCUT2D eigenvalue weighted by molar-refractivity contribution is -0.122. The largest absolute Gasteiger partial charge is 0.493 e. The number of amides is 1. The number of aliphatic hydroxyl groups is 1. The van der Waals surface area contributed by atoms with Gasteiger partial charge in [0.2, 0.25) is 5.91 Å². The van der Waals surface area contributed by atoms with Crippen molar-refractivity contribution in [2.24, 2.45) is 5.92 Å². The van der Waals surface area contributed by atoms with E-state index in [1.54, 1.807) is 0 Å². The van der Waals surface area contributed by atoms with Gasteiger partial charge in [-0.2, -0.15) is 0 Å². The van der Waals surface area contributed by atoms with E-state index in [9.17, 15) is 9.90 Å². The molecular formula is C19H26N2O3. The number of aromatic nitrogens is 1. The first-order valence-electron chi connectivity index (χ1n) is 8.74. The van der Waals surface area contributed by atoms with Crippen LogP contribution in [-0.4, -0.2) is 34.8 Å². The van der Waals surface area contributed by atoms with E-state index in [1.165, 1.54) is 0 Å². The van der Waals surface area contributed by atoms with Crippen molar-refractivity contribution < 1.29 is 14.6 Å². The fourth-order valence-electron chi connectivity index (χ4n) is 3.61. The van der Waals surface area contributed by atoms with Crippen LogP contribution in [-0.2, 0) is 11.2 Å². The standard InChI is InChI=1S/C19H26N2O3/c1-3-24-16-8-4-7-15-18(16)14(11-20-15)10-17(22)21-12-19(23)9-5-6-13(19)2/h4,7-8,11,13,20,23H,3,5-6,9-10,12H2,1-2H3,(H,21,22)/t13-,19+/m0/s1. The first kappa shape index (κ1) is 16.8. The predicted octanol–water partition coefficient (Wildman–Crippen LogP) is 2.78. The Labute approximate surface area is 142 Å². The van der Waals surface area contributed by atoms with Crippen LogP contribution >= 0.6 is 0 Å². The molecule has 2 atom stereocenters. The molecule has 3 N–H and O–H groups in total. The van der Waals surface area contributed by atoms with Gasteiger partial charge in [-0.3, -0.25) is 4.79 Å². The minimum atomic E-state index is -0.758. The normalized spacial score (nSPS) is 23.5. The summed E-state index contributed by atoms with van der Waals surface area (Å²) >= 11 is 0. The second-order valence-electron chi connectivity index (χ2n) is 6.78. The van der Waals surface area contributed by atoms with Gasteiger partial charge in [0.1, 0.15) is 5.75 Å². The Balaban J connectivity index is 1.69. The van der Waals surface area contributed by atoms with Crippen molar-refractivity contribution in [3.05, 3.63) is 30.0 Å². The number of aromatic amines is 1. The fraction of sp³-hybridized carbons (Fsp3) is 0.526. The van der Waals surface area contributed by atoms with E-state index in [1.807, 2.05) is 38.2 Å². The molecule has 1 fully saturated rings. The monoisotopic (exact) mass is 330 g/mol. The van der Waals surface area contributed by atoms with Crippen molar-refractivity contribution in [2.75, 3.05) is 13.2 Å². The summed E-state index contributed by atoms with van der Waals surface area (Å²) in [6.07, 6.45) is 4.94. The van der Waals surface area contributed by atoms with E-state index in [2.05, 4.69) is 10.3 Å². The summed E-state index contributed by atoms with van der Waals surface area (Å²) < 4.78 is 5.68. The molecule has 1 aromatic carbocycles. The van der Waals surface area contributed by atoms with Gasteiger partial charge in [-0.25, -0.2) is 0 Å². The van der Waals surface area contributed by atoms with Gasteiger partial charge in [0, 0.05) is 23.6 Å². The number of fused-ring (bicyclic) bond motifs is 1. The molecule has 24 heavy (non-hydrogen) atoms. The highest BCUT2D eigenvalue weighted by atomic mass is 16.5. The van der Waals surface area contributed by atoms with E-state index in [0.717, 1.165) is 41.5 Å². The molecule has 1 aromatic heterocycles. The van der Waals surface area contributed by atoms with Crippen molar-refractivity contribution in [1.82, 2.24) is 10.3 Å². The van der Waals surface area contributed by atoms with Crippen molar-refractivity contribution in [1.29, 1.82) is 0 Å². The highest BCUT2D eigenvalue weighted by Crippen LogP contribution is 2.34. The van der Waals surface area contributed by atoms with Gasteiger partial charge in [0.25, 0.3) is 0 Å². The third-order valence-corrected chi connectivity index (χ3v) is 5.16. The molecule has 0 bridgehead atoms. The summed E-state index contributed by atoms with van der Waals surface area (Å²) in [7, 11) is 0. The van der Waals surface area contributed by atoms with Crippen LogP contribution in [0.3, 0.4) is 0 Å². The maximum absolute atomic E-state index is 12.4. The Hall–Kier alpha value is -2.01. The SMILES string of the molecule is CCOc1cccc2[nH]cc(CC(=O)NC[C@]3(O)CCC[C@@H]3C)c12. The van der Waals surface area contributed by atoms with Gasteiger partial charge in [-0.15, -0.1) is 0 Å². The summed E-state index contributed by atoms with van der Waals surface area (Å²) in [6, 6.07) is 5.83. The smallest absolute Gasteiger partial charge is 0.224 e. The molecule has 130 valence electrons. The molecule has 5 heteroatoms. The Morgan fingerprint density at radius 2 is 2.33 bits per heavy atom. The Morgan fingerprint density at radius 3 is 3.04 bits per heavy atom. The average molecular weight is 330 g/mol. The number of benzene rings is 1.